The highest BCUT2D eigenvalue weighted by molar-refractivity contribution is 5.91. The van der Waals surface area contributed by atoms with Crippen LogP contribution in [0, 0.1) is 0 Å². The molecule has 2 heteroatoms. The molecular weight excluding hydrogens is 200 g/mol. The number of aliphatic hydroxyl groups is 1. The van der Waals surface area contributed by atoms with Crippen LogP contribution in [0.3, 0.4) is 0 Å². The average molecular weight is 216 g/mol. The van der Waals surface area contributed by atoms with E-state index in [4.69, 9.17) is 4.74 Å². The fourth-order valence-electron chi connectivity index (χ4n) is 2.01. The van der Waals surface area contributed by atoms with Gasteiger partial charge in [0.1, 0.15) is 5.75 Å². The largest absolute Gasteiger partial charge is 0.496 e. The van der Waals surface area contributed by atoms with Crippen molar-refractivity contribution in [2.75, 3.05) is 7.11 Å². The van der Waals surface area contributed by atoms with E-state index in [0.29, 0.717) is 6.42 Å². The molecule has 2 nitrogen and oxygen atoms in total. The molecule has 0 aliphatic carbocycles. The van der Waals surface area contributed by atoms with E-state index in [0.717, 1.165) is 22.1 Å². The van der Waals surface area contributed by atoms with Crippen LogP contribution in [-0.4, -0.2) is 18.3 Å². The number of fused-ring (bicyclic) bond motifs is 1. The van der Waals surface area contributed by atoms with Crippen LogP contribution in [-0.2, 0) is 6.42 Å². The molecule has 2 aromatic rings. The van der Waals surface area contributed by atoms with Gasteiger partial charge in [0.05, 0.1) is 13.2 Å². The van der Waals surface area contributed by atoms with E-state index in [-0.39, 0.29) is 6.10 Å². The minimum Gasteiger partial charge on any atom is -0.496 e. The summed E-state index contributed by atoms with van der Waals surface area (Å²) in [5, 5.41) is 11.7. The van der Waals surface area contributed by atoms with Gasteiger partial charge in [-0.2, -0.15) is 0 Å². The summed E-state index contributed by atoms with van der Waals surface area (Å²) in [7, 11) is 1.68. The summed E-state index contributed by atoms with van der Waals surface area (Å²) in [6.07, 6.45) is 0.349. The Kier molecular flexibility index (Phi) is 3.11. The van der Waals surface area contributed by atoms with Gasteiger partial charge in [0, 0.05) is 5.39 Å². The maximum atomic E-state index is 9.46. The van der Waals surface area contributed by atoms with E-state index in [9.17, 15) is 5.11 Å². The predicted molar refractivity (Wildman–Crippen MR) is 65.9 cm³/mol. The van der Waals surface area contributed by atoms with Crippen molar-refractivity contribution in [1.82, 2.24) is 0 Å². The zero-order valence-electron chi connectivity index (χ0n) is 9.60. The standard InChI is InChI=1S/C14H16O2/c1-10(15)9-11-7-8-14(16-2)13-6-4-3-5-12(11)13/h3-8,10,15H,9H2,1-2H3/t10-/m1/s1. The molecule has 0 saturated heterocycles. The maximum Gasteiger partial charge on any atom is 0.126 e. The van der Waals surface area contributed by atoms with Gasteiger partial charge in [0.15, 0.2) is 0 Å². The molecule has 84 valence electrons. The Labute approximate surface area is 95.5 Å². The summed E-state index contributed by atoms with van der Waals surface area (Å²) >= 11 is 0. The zero-order chi connectivity index (χ0) is 11.5. The van der Waals surface area contributed by atoms with E-state index in [2.05, 4.69) is 6.07 Å². The molecule has 0 heterocycles. The molecular formula is C14H16O2. The Balaban J connectivity index is 2.60. The number of hydrogen-bond acceptors (Lipinski definition) is 2. The lowest BCUT2D eigenvalue weighted by Gasteiger charge is -2.11. The maximum absolute atomic E-state index is 9.46. The molecule has 2 aromatic carbocycles. The van der Waals surface area contributed by atoms with Crippen LogP contribution >= 0.6 is 0 Å². The van der Waals surface area contributed by atoms with E-state index in [1.54, 1.807) is 14.0 Å². The van der Waals surface area contributed by atoms with E-state index >= 15 is 0 Å². The van der Waals surface area contributed by atoms with Gasteiger partial charge >= 0.3 is 0 Å². The van der Waals surface area contributed by atoms with Crippen LogP contribution in [0.15, 0.2) is 36.4 Å². The van der Waals surface area contributed by atoms with Gasteiger partial charge in [-0.25, -0.2) is 0 Å². The van der Waals surface area contributed by atoms with Gasteiger partial charge in [-0.1, -0.05) is 30.3 Å². The lowest BCUT2D eigenvalue weighted by atomic mass is 9.99. The number of benzene rings is 2. The molecule has 0 aliphatic heterocycles. The minimum absolute atomic E-state index is 0.322. The molecule has 0 amide bonds. The normalized spacial score (nSPS) is 12.7. The fraction of sp³-hybridized carbons (Fsp3) is 0.286. The second-order valence-electron chi connectivity index (χ2n) is 4.03. The van der Waals surface area contributed by atoms with Crippen LogP contribution in [0.1, 0.15) is 12.5 Å². The second kappa shape index (κ2) is 4.54. The quantitative estimate of drug-likeness (QED) is 0.854. The molecule has 0 aromatic heterocycles. The van der Waals surface area contributed by atoms with Crippen molar-refractivity contribution in [2.24, 2.45) is 0 Å². The van der Waals surface area contributed by atoms with Crippen molar-refractivity contribution in [1.29, 1.82) is 0 Å². The van der Waals surface area contributed by atoms with Gasteiger partial charge < -0.3 is 9.84 Å². The van der Waals surface area contributed by atoms with E-state index in [1.807, 2.05) is 30.3 Å². The summed E-state index contributed by atoms with van der Waals surface area (Å²) in [5.74, 6) is 0.880. The Morgan fingerprint density at radius 3 is 2.44 bits per heavy atom. The van der Waals surface area contributed by atoms with Crippen molar-refractivity contribution < 1.29 is 9.84 Å². The highest BCUT2D eigenvalue weighted by atomic mass is 16.5. The number of aliphatic hydroxyl groups excluding tert-OH is 1. The average Bonchev–Trinajstić information content (AvgIpc) is 2.29. The van der Waals surface area contributed by atoms with Crippen LogP contribution in [0.25, 0.3) is 10.8 Å². The predicted octanol–water partition coefficient (Wildman–Crippen LogP) is 2.77. The Morgan fingerprint density at radius 1 is 1.12 bits per heavy atom. The van der Waals surface area contributed by atoms with Gasteiger partial charge in [-0.05, 0) is 30.4 Å². The van der Waals surface area contributed by atoms with Crippen LogP contribution in [0.2, 0.25) is 0 Å². The lowest BCUT2D eigenvalue weighted by molar-refractivity contribution is 0.196. The molecule has 2 rings (SSSR count). The van der Waals surface area contributed by atoms with E-state index < -0.39 is 0 Å². The van der Waals surface area contributed by atoms with Gasteiger partial charge in [0.2, 0.25) is 0 Å². The summed E-state index contributed by atoms with van der Waals surface area (Å²) < 4.78 is 5.32. The van der Waals surface area contributed by atoms with Gasteiger partial charge in [0.25, 0.3) is 0 Å². The minimum atomic E-state index is -0.322. The van der Waals surface area contributed by atoms with Crippen LogP contribution < -0.4 is 4.74 Å². The first-order valence-electron chi connectivity index (χ1n) is 5.45. The molecule has 1 atom stereocenters. The highest BCUT2D eigenvalue weighted by Crippen LogP contribution is 2.28. The van der Waals surface area contributed by atoms with Crippen molar-refractivity contribution in [3.8, 4) is 5.75 Å². The third-order valence-corrected chi connectivity index (χ3v) is 2.71. The lowest BCUT2D eigenvalue weighted by Crippen LogP contribution is -2.04. The first-order valence-corrected chi connectivity index (χ1v) is 5.45. The molecule has 0 bridgehead atoms. The summed E-state index contributed by atoms with van der Waals surface area (Å²) in [6.45, 7) is 1.80. The third-order valence-electron chi connectivity index (χ3n) is 2.71. The molecule has 1 N–H and O–H groups in total. The third kappa shape index (κ3) is 2.02. The van der Waals surface area contributed by atoms with Crippen molar-refractivity contribution in [2.45, 2.75) is 19.4 Å². The van der Waals surface area contributed by atoms with Gasteiger partial charge in [-0.3, -0.25) is 0 Å². The first kappa shape index (κ1) is 11.0. The monoisotopic (exact) mass is 216 g/mol. The van der Waals surface area contributed by atoms with Crippen LogP contribution in [0.4, 0.5) is 0 Å². The topological polar surface area (TPSA) is 29.5 Å². The molecule has 0 saturated carbocycles. The first-order chi connectivity index (χ1) is 7.72. The molecule has 0 unspecified atom stereocenters. The Bertz CT molecular complexity index is 489. The summed E-state index contributed by atoms with van der Waals surface area (Å²) in [6, 6.07) is 12.1. The number of ether oxygens (including phenoxy) is 1. The Morgan fingerprint density at radius 2 is 1.81 bits per heavy atom. The molecule has 0 fully saturated rings. The fourth-order valence-corrected chi connectivity index (χ4v) is 2.01. The SMILES string of the molecule is COc1ccc(C[C@@H](C)O)c2ccccc12. The van der Waals surface area contributed by atoms with Crippen molar-refractivity contribution >= 4 is 10.8 Å². The smallest absolute Gasteiger partial charge is 0.126 e. The highest BCUT2D eigenvalue weighted by Gasteiger charge is 2.07. The molecule has 16 heavy (non-hydrogen) atoms. The van der Waals surface area contributed by atoms with Crippen LogP contribution in [0.5, 0.6) is 5.75 Å². The number of rotatable bonds is 3. The molecule has 0 radical (unpaired) electrons. The van der Waals surface area contributed by atoms with E-state index in [1.165, 1.54) is 0 Å². The molecule has 0 aliphatic rings. The Hall–Kier alpha value is -1.54. The van der Waals surface area contributed by atoms with Gasteiger partial charge in [-0.15, -0.1) is 0 Å². The summed E-state index contributed by atoms with van der Waals surface area (Å²) in [5.41, 5.74) is 1.16. The second-order valence-corrected chi connectivity index (χ2v) is 4.03. The number of hydrogen-bond donors (Lipinski definition) is 1. The van der Waals surface area contributed by atoms with Crippen molar-refractivity contribution in [3.05, 3.63) is 42.0 Å². The number of methoxy groups -OCH3 is 1. The molecule has 0 spiro atoms. The zero-order valence-corrected chi connectivity index (χ0v) is 9.60. The van der Waals surface area contributed by atoms with Crippen molar-refractivity contribution in [3.63, 3.8) is 0 Å². The summed E-state index contributed by atoms with van der Waals surface area (Å²) in [4.78, 5) is 0.